The second kappa shape index (κ2) is 9.45. The van der Waals surface area contributed by atoms with Crippen molar-refractivity contribution in [3.05, 3.63) is 93.3 Å². The average molecular weight is 465 g/mol. The van der Waals surface area contributed by atoms with Gasteiger partial charge < -0.3 is 10.1 Å². The molecule has 0 atom stereocenters. The van der Waals surface area contributed by atoms with Crippen molar-refractivity contribution in [1.29, 1.82) is 0 Å². The first kappa shape index (κ1) is 21.9. The van der Waals surface area contributed by atoms with Gasteiger partial charge in [0.25, 0.3) is 11.6 Å². The fourth-order valence-electron chi connectivity index (χ4n) is 3.02. The van der Waals surface area contributed by atoms with Crippen molar-refractivity contribution in [3.8, 4) is 17.1 Å². The van der Waals surface area contributed by atoms with E-state index in [1.165, 1.54) is 12.1 Å². The topological polar surface area (TPSA) is 125 Å². The van der Waals surface area contributed by atoms with E-state index < -0.39 is 10.8 Å². The molecular weight excluding hydrogens is 448 g/mol. The highest BCUT2D eigenvalue weighted by atomic mass is 35.5. The van der Waals surface area contributed by atoms with Gasteiger partial charge in [-0.15, -0.1) is 5.10 Å². The Kier molecular flexibility index (Phi) is 6.27. The molecule has 33 heavy (non-hydrogen) atoms. The van der Waals surface area contributed by atoms with E-state index in [9.17, 15) is 14.9 Å². The number of anilines is 1. The predicted octanol–water partition coefficient (Wildman–Crippen LogP) is 4.21. The number of aromatic nitrogens is 4. The molecule has 0 spiro atoms. The number of pyridine rings is 1. The maximum Gasteiger partial charge on any atom is 0.288 e. The van der Waals surface area contributed by atoms with Crippen molar-refractivity contribution in [2.24, 2.45) is 0 Å². The molecule has 2 aromatic heterocycles. The van der Waals surface area contributed by atoms with Crippen LogP contribution in [0.25, 0.3) is 11.4 Å². The Morgan fingerprint density at radius 3 is 2.67 bits per heavy atom. The summed E-state index contributed by atoms with van der Waals surface area (Å²) in [5, 5.41) is 18.6. The van der Waals surface area contributed by atoms with Crippen molar-refractivity contribution < 1.29 is 14.5 Å². The summed E-state index contributed by atoms with van der Waals surface area (Å²) in [4.78, 5) is 32.3. The second-order valence-corrected chi connectivity index (χ2v) is 7.25. The number of benzene rings is 2. The summed E-state index contributed by atoms with van der Waals surface area (Å²) in [7, 11) is 1.59. The summed E-state index contributed by atoms with van der Waals surface area (Å²) in [5.41, 5.74) is 1.20. The molecule has 0 unspecified atom stereocenters. The van der Waals surface area contributed by atoms with E-state index in [-0.39, 0.29) is 28.0 Å². The van der Waals surface area contributed by atoms with Crippen LogP contribution in [-0.2, 0) is 6.54 Å². The van der Waals surface area contributed by atoms with Crippen LogP contribution < -0.4 is 10.1 Å². The minimum Gasteiger partial charge on any atom is -0.497 e. The van der Waals surface area contributed by atoms with Gasteiger partial charge >= 0.3 is 0 Å². The Morgan fingerprint density at radius 1 is 1.21 bits per heavy atom. The molecule has 0 amide bonds. The number of methoxy groups -OCH3 is 1. The zero-order valence-electron chi connectivity index (χ0n) is 17.3. The molecule has 0 aliphatic carbocycles. The SMILES string of the molecule is COc1ccc(CNc2nc(-c3cccnc3)nn2C(=O)c2ccc(Cl)c([N+](=O)[O-])c2)cc1. The lowest BCUT2D eigenvalue weighted by Crippen LogP contribution is -2.17. The third-order valence-electron chi connectivity index (χ3n) is 4.72. The number of nitro groups is 1. The molecule has 0 fully saturated rings. The number of nitro benzene ring substituents is 1. The smallest absolute Gasteiger partial charge is 0.288 e. The Bertz CT molecular complexity index is 1310. The molecule has 11 heteroatoms. The van der Waals surface area contributed by atoms with Gasteiger partial charge in [0.2, 0.25) is 5.95 Å². The Hall–Kier alpha value is -4.31. The molecule has 2 aromatic carbocycles. The minimum atomic E-state index is -0.648. The van der Waals surface area contributed by atoms with Crippen molar-refractivity contribution >= 4 is 29.1 Å². The van der Waals surface area contributed by atoms with E-state index in [1.54, 1.807) is 31.6 Å². The summed E-state index contributed by atoms with van der Waals surface area (Å²) in [5.74, 6) is 0.569. The van der Waals surface area contributed by atoms with Crippen molar-refractivity contribution in [3.63, 3.8) is 0 Å². The van der Waals surface area contributed by atoms with Crippen molar-refractivity contribution in [2.45, 2.75) is 6.54 Å². The van der Waals surface area contributed by atoms with Crippen LogP contribution in [0.3, 0.4) is 0 Å². The lowest BCUT2D eigenvalue weighted by Gasteiger charge is -2.08. The largest absolute Gasteiger partial charge is 0.497 e. The van der Waals surface area contributed by atoms with Crippen LogP contribution in [0.15, 0.2) is 67.0 Å². The van der Waals surface area contributed by atoms with Gasteiger partial charge in [0, 0.05) is 36.1 Å². The van der Waals surface area contributed by atoms with E-state index in [1.807, 2.05) is 24.3 Å². The van der Waals surface area contributed by atoms with E-state index >= 15 is 0 Å². The second-order valence-electron chi connectivity index (χ2n) is 6.84. The summed E-state index contributed by atoms with van der Waals surface area (Å²) in [6.45, 7) is 0.350. The Labute approximate surface area is 193 Å². The number of halogens is 1. The normalized spacial score (nSPS) is 10.6. The molecule has 2 heterocycles. The van der Waals surface area contributed by atoms with Gasteiger partial charge in [-0.05, 0) is 42.0 Å². The van der Waals surface area contributed by atoms with Crippen LogP contribution in [0.4, 0.5) is 11.6 Å². The molecule has 4 rings (SSSR count). The van der Waals surface area contributed by atoms with Crippen LogP contribution in [0.5, 0.6) is 5.75 Å². The summed E-state index contributed by atoms with van der Waals surface area (Å²) in [6, 6.07) is 14.7. The molecule has 1 N–H and O–H groups in total. The number of nitrogens with one attached hydrogen (secondary N) is 1. The number of hydrogen-bond donors (Lipinski definition) is 1. The summed E-state index contributed by atoms with van der Waals surface area (Å²) < 4.78 is 6.23. The van der Waals surface area contributed by atoms with Gasteiger partial charge in [-0.2, -0.15) is 9.67 Å². The standard InChI is InChI=1S/C22H17ClN6O4/c1-33-17-7-4-14(5-8-17)12-25-22-26-20(16-3-2-10-24-13-16)27-28(22)21(30)15-6-9-18(23)19(11-15)29(31)32/h2-11,13H,12H2,1H3,(H,25,26,27). The van der Waals surface area contributed by atoms with Crippen molar-refractivity contribution in [1.82, 2.24) is 19.7 Å². The van der Waals surface area contributed by atoms with Crippen LogP contribution in [-0.4, -0.2) is 37.7 Å². The van der Waals surface area contributed by atoms with Gasteiger partial charge in [0.1, 0.15) is 10.8 Å². The monoisotopic (exact) mass is 464 g/mol. The lowest BCUT2D eigenvalue weighted by atomic mass is 10.2. The first-order valence-electron chi connectivity index (χ1n) is 9.69. The number of hydrogen-bond acceptors (Lipinski definition) is 8. The van der Waals surface area contributed by atoms with Gasteiger partial charge in [-0.1, -0.05) is 23.7 Å². The molecule has 0 saturated heterocycles. The number of carbonyl (C=O) groups is 1. The zero-order chi connectivity index (χ0) is 23.4. The summed E-state index contributed by atoms with van der Waals surface area (Å²) in [6.07, 6.45) is 3.19. The Morgan fingerprint density at radius 2 is 2.00 bits per heavy atom. The van der Waals surface area contributed by atoms with Crippen LogP contribution >= 0.6 is 11.6 Å². The lowest BCUT2D eigenvalue weighted by molar-refractivity contribution is -0.384. The summed E-state index contributed by atoms with van der Waals surface area (Å²) >= 11 is 5.88. The highest BCUT2D eigenvalue weighted by Crippen LogP contribution is 2.26. The zero-order valence-corrected chi connectivity index (χ0v) is 18.1. The van der Waals surface area contributed by atoms with Gasteiger partial charge in [0.05, 0.1) is 12.0 Å². The molecule has 0 bridgehead atoms. The Balaban J connectivity index is 1.69. The minimum absolute atomic E-state index is 0.0428. The molecule has 0 saturated carbocycles. The van der Waals surface area contributed by atoms with Crippen LogP contribution in [0.2, 0.25) is 5.02 Å². The fraction of sp³-hybridized carbons (Fsp3) is 0.0909. The first-order chi connectivity index (χ1) is 16.0. The van der Waals surface area contributed by atoms with Gasteiger partial charge in [-0.25, -0.2) is 0 Å². The molecule has 4 aromatic rings. The number of ether oxygens (including phenoxy) is 1. The van der Waals surface area contributed by atoms with E-state index in [2.05, 4.69) is 20.4 Å². The molecule has 0 radical (unpaired) electrons. The molecule has 0 aliphatic rings. The maximum atomic E-state index is 13.2. The average Bonchev–Trinajstić information content (AvgIpc) is 3.27. The first-order valence-corrected chi connectivity index (χ1v) is 10.1. The van der Waals surface area contributed by atoms with Gasteiger partial charge in [0.15, 0.2) is 5.82 Å². The van der Waals surface area contributed by atoms with Crippen molar-refractivity contribution in [2.75, 3.05) is 12.4 Å². The number of nitrogens with zero attached hydrogens (tertiary/aromatic N) is 5. The maximum absolute atomic E-state index is 13.2. The third kappa shape index (κ3) is 4.80. The molecule has 0 aliphatic heterocycles. The number of rotatable bonds is 7. The predicted molar refractivity (Wildman–Crippen MR) is 121 cm³/mol. The fourth-order valence-corrected chi connectivity index (χ4v) is 3.20. The van der Waals surface area contributed by atoms with Gasteiger partial charge in [-0.3, -0.25) is 19.9 Å². The number of carbonyl (C=O) groups excluding carboxylic acids is 1. The molecule has 166 valence electrons. The highest BCUT2D eigenvalue weighted by Gasteiger charge is 2.22. The van der Waals surface area contributed by atoms with Crippen LogP contribution in [0, 0.1) is 10.1 Å². The third-order valence-corrected chi connectivity index (χ3v) is 5.04. The van der Waals surface area contributed by atoms with Crippen LogP contribution in [0.1, 0.15) is 15.9 Å². The van der Waals surface area contributed by atoms with E-state index in [0.717, 1.165) is 22.1 Å². The highest BCUT2D eigenvalue weighted by molar-refractivity contribution is 6.32. The molecule has 10 nitrogen and oxygen atoms in total. The van der Waals surface area contributed by atoms with E-state index in [4.69, 9.17) is 16.3 Å². The van der Waals surface area contributed by atoms with E-state index in [0.29, 0.717) is 12.1 Å². The quantitative estimate of drug-likeness (QED) is 0.318. The molecular formula is C22H17ClN6O4.